The zero-order valence-electron chi connectivity index (χ0n) is 15.0. The van der Waals surface area contributed by atoms with Crippen LogP contribution in [0.1, 0.15) is 66.2 Å². The molecule has 2 aromatic heterocycles. The number of aromatic amines is 1. The lowest BCUT2D eigenvalue weighted by Crippen LogP contribution is -2.30. The Labute approximate surface area is 151 Å². The van der Waals surface area contributed by atoms with Crippen LogP contribution in [-0.2, 0) is 19.1 Å². The van der Waals surface area contributed by atoms with E-state index in [1.54, 1.807) is 6.92 Å². The Balaban J connectivity index is 1.54. The van der Waals surface area contributed by atoms with E-state index in [4.69, 9.17) is 0 Å². The minimum absolute atomic E-state index is 0.624. The number of halogens is 3. The molecule has 0 amide bonds. The molecule has 0 atom stereocenters. The van der Waals surface area contributed by atoms with Crippen molar-refractivity contribution in [2.45, 2.75) is 64.1 Å². The number of anilines is 1. The third-order valence-electron chi connectivity index (χ3n) is 5.76. The second kappa shape index (κ2) is 6.63. The monoisotopic (exact) mass is 363 g/mol. The summed E-state index contributed by atoms with van der Waals surface area (Å²) in [6.45, 7) is 3.25. The van der Waals surface area contributed by atoms with Gasteiger partial charge < -0.3 is 9.88 Å². The lowest BCUT2D eigenvalue weighted by molar-refractivity contribution is -0.141. The number of nitrogens with zero attached hydrogens (tertiary/aromatic N) is 2. The Morgan fingerprint density at radius 3 is 2.62 bits per heavy atom. The van der Waals surface area contributed by atoms with Crippen LogP contribution in [0.15, 0.2) is 18.3 Å². The lowest BCUT2D eigenvalue weighted by Gasteiger charge is -2.30. The number of aromatic nitrogens is 2. The maximum Gasteiger partial charge on any atom is 0.433 e. The van der Waals surface area contributed by atoms with Crippen molar-refractivity contribution in [3.63, 3.8) is 0 Å². The molecule has 0 saturated heterocycles. The fourth-order valence-electron chi connectivity index (χ4n) is 4.33. The van der Waals surface area contributed by atoms with Gasteiger partial charge in [0.05, 0.1) is 11.9 Å². The quantitative estimate of drug-likeness (QED) is 0.780. The van der Waals surface area contributed by atoms with Gasteiger partial charge in [0.25, 0.3) is 0 Å². The highest BCUT2D eigenvalue weighted by atomic mass is 19.4. The van der Waals surface area contributed by atoms with Gasteiger partial charge in [0.2, 0.25) is 0 Å². The fourth-order valence-corrected chi connectivity index (χ4v) is 4.33. The average Bonchev–Trinajstić information content (AvgIpc) is 3.05. The van der Waals surface area contributed by atoms with Crippen LogP contribution in [0.5, 0.6) is 0 Å². The number of pyridine rings is 1. The van der Waals surface area contributed by atoms with Crippen LogP contribution in [0.3, 0.4) is 0 Å². The number of rotatable bonds is 2. The number of hydrogen-bond acceptors (Lipinski definition) is 2. The normalized spacial score (nSPS) is 18.8. The molecule has 3 nitrogen and oxygen atoms in total. The van der Waals surface area contributed by atoms with E-state index in [0.29, 0.717) is 11.5 Å². The first-order valence-corrected chi connectivity index (χ1v) is 9.41. The second-order valence-electron chi connectivity index (χ2n) is 7.59. The molecule has 6 heteroatoms. The SMILES string of the molecule is Cc1cc(C(F)(F)F)ncc1N1CCc2[nH]c(C3CCCCC3)cc2C1. The summed E-state index contributed by atoms with van der Waals surface area (Å²) in [5.74, 6) is 0.636. The van der Waals surface area contributed by atoms with Gasteiger partial charge in [-0.15, -0.1) is 0 Å². The van der Waals surface area contributed by atoms with Crippen LogP contribution >= 0.6 is 0 Å². The third kappa shape index (κ3) is 3.33. The van der Waals surface area contributed by atoms with Crippen molar-refractivity contribution in [3.05, 3.63) is 46.5 Å². The molecule has 1 saturated carbocycles. The molecule has 1 N–H and O–H groups in total. The minimum atomic E-state index is -4.39. The number of aryl methyl sites for hydroxylation is 1. The standard InChI is InChI=1S/C20H24F3N3/c1-13-9-19(20(21,22)23)24-11-18(13)26-8-7-16-15(12-26)10-17(25-16)14-5-3-2-4-6-14/h9-11,14,25H,2-8,12H2,1H3. The predicted octanol–water partition coefficient (Wildman–Crippen LogP) is 5.35. The second-order valence-corrected chi connectivity index (χ2v) is 7.59. The molecule has 2 aromatic rings. The van der Waals surface area contributed by atoms with Crippen molar-refractivity contribution < 1.29 is 13.2 Å². The van der Waals surface area contributed by atoms with Crippen LogP contribution in [-0.4, -0.2) is 16.5 Å². The summed E-state index contributed by atoms with van der Waals surface area (Å²) in [6.07, 6.45) is 4.32. The van der Waals surface area contributed by atoms with E-state index in [1.165, 1.54) is 55.3 Å². The molecule has 2 aliphatic rings. The average molecular weight is 363 g/mol. The molecule has 0 radical (unpaired) electrons. The highest BCUT2D eigenvalue weighted by Crippen LogP contribution is 2.36. The summed E-state index contributed by atoms with van der Waals surface area (Å²) in [7, 11) is 0. The van der Waals surface area contributed by atoms with E-state index in [2.05, 4.69) is 20.9 Å². The van der Waals surface area contributed by atoms with E-state index in [1.807, 2.05) is 0 Å². The predicted molar refractivity (Wildman–Crippen MR) is 95.3 cm³/mol. The van der Waals surface area contributed by atoms with Crippen LogP contribution in [0.4, 0.5) is 18.9 Å². The Bertz CT molecular complexity index is 788. The van der Waals surface area contributed by atoms with Crippen molar-refractivity contribution >= 4 is 5.69 Å². The highest BCUT2D eigenvalue weighted by Gasteiger charge is 2.33. The largest absolute Gasteiger partial charge is 0.433 e. The Morgan fingerprint density at radius 1 is 1.15 bits per heavy atom. The van der Waals surface area contributed by atoms with Gasteiger partial charge in [0.1, 0.15) is 5.69 Å². The van der Waals surface area contributed by atoms with Crippen molar-refractivity contribution in [2.75, 3.05) is 11.4 Å². The summed E-state index contributed by atoms with van der Waals surface area (Å²) in [4.78, 5) is 9.42. The number of H-pyrrole nitrogens is 1. The molecule has 0 aromatic carbocycles. The minimum Gasteiger partial charge on any atom is -0.365 e. The first kappa shape index (κ1) is 17.4. The first-order valence-electron chi connectivity index (χ1n) is 9.41. The number of nitrogens with one attached hydrogen (secondary N) is 1. The Hall–Kier alpha value is -1.98. The van der Waals surface area contributed by atoms with Crippen LogP contribution < -0.4 is 4.90 Å². The summed E-state index contributed by atoms with van der Waals surface area (Å²) in [5, 5.41) is 0. The zero-order valence-corrected chi connectivity index (χ0v) is 15.0. The molecule has 1 aliphatic heterocycles. The van der Waals surface area contributed by atoms with Gasteiger partial charge >= 0.3 is 6.18 Å². The van der Waals surface area contributed by atoms with E-state index in [9.17, 15) is 13.2 Å². The molecule has 0 unspecified atom stereocenters. The maximum atomic E-state index is 12.8. The molecular weight excluding hydrogens is 339 g/mol. The van der Waals surface area contributed by atoms with E-state index in [0.717, 1.165) is 31.3 Å². The van der Waals surface area contributed by atoms with Gasteiger partial charge in [-0.05, 0) is 48.9 Å². The number of alkyl halides is 3. The van der Waals surface area contributed by atoms with Gasteiger partial charge in [0.15, 0.2) is 0 Å². The van der Waals surface area contributed by atoms with Crippen molar-refractivity contribution in [1.29, 1.82) is 0 Å². The molecule has 1 fully saturated rings. The molecule has 0 spiro atoms. The third-order valence-corrected chi connectivity index (χ3v) is 5.76. The lowest BCUT2D eigenvalue weighted by atomic mass is 9.87. The molecule has 4 rings (SSSR count). The maximum absolute atomic E-state index is 12.8. The van der Waals surface area contributed by atoms with E-state index < -0.39 is 11.9 Å². The molecular formula is C20H24F3N3. The van der Waals surface area contributed by atoms with Crippen molar-refractivity contribution in [3.8, 4) is 0 Å². The number of hydrogen-bond donors (Lipinski definition) is 1. The van der Waals surface area contributed by atoms with Crippen molar-refractivity contribution in [2.24, 2.45) is 0 Å². The summed E-state index contributed by atoms with van der Waals surface area (Å²) in [6, 6.07) is 3.43. The fraction of sp³-hybridized carbons (Fsp3) is 0.550. The summed E-state index contributed by atoms with van der Waals surface area (Å²) in [5.41, 5.74) is 4.51. The van der Waals surface area contributed by atoms with Crippen LogP contribution in [0.25, 0.3) is 0 Å². The summed E-state index contributed by atoms with van der Waals surface area (Å²) >= 11 is 0. The topological polar surface area (TPSA) is 31.9 Å². The molecule has 140 valence electrons. The van der Waals surface area contributed by atoms with Crippen LogP contribution in [0, 0.1) is 6.92 Å². The van der Waals surface area contributed by atoms with E-state index in [-0.39, 0.29) is 0 Å². The molecule has 3 heterocycles. The van der Waals surface area contributed by atoms with Crippen LogP contribution in [0.2, 0.25) is 0 Å². The number of fused-ring (bicyclic) bond motifs is 1. The molecule has 26 heavy (non-hydrogen) atoms. The van der Waals surface area contributed by atoms with E-state index >= 15 is 0 Å². The highest BCUT2D eigenvalue weighted by molar-refractivity contribution is 5.54. The summed E-state index contributed by atoms with van der Waals surface area (Å²) < 4.78 is 38.5. The first-order chi connectivity index (χ1) is 12.4. The smallest absolute Gasteiger partial charge is 0.365 e. The zero-order chi connectivity index (χ0) is 18.3. The Kier molecular flexibility index (Phi) is 4.45. The van der Waals surface area contributed by atoms with Gasteiger partial charge in [-0.3, -0.25) is 0 Å². The van der Waals surface area contributed by atoms with Gasteiger partial charge in [0, 0.05) is 30.9 Å². The molecule has 1 aliphatic carbocycles. The van der Waals surface area contributed by atoms with Gasteiger partial charge in [-0.2, -0.15) is 13.2 Å². The van der Waals surface area contributed by atoms with Crippen molar-refractivity contribution in [1.82, 2.24) is 9.97 Å². The van der Waals surface area contributed by atoms with Gasteiger partial charge in [-0.1, -0.05) is 19.3 Å². The Morgan fingerprint density at radius 2 is 1.92 bits per heavy atom. The van der Waals surface area contributed by atoms with Gasteiger partial charge in [-0.25, -0.2) is 4.98 Å². The molecule has 0 bridgehead atoms.